The highest BCUT2D eigenvalue weighted by atomic mass is 32.1. The molecule has 0 spiro atoms. The maximum atomic E-state index is 13.2. The highest BCUT2D eigenvalue weighted by Gasteiger charge is 2.26. The number of nitrogens with zero attached hydrogens (tertiary/aromatic N) is 2. The first-order valence-electron chi connectivity index (χ1n) is 7.00. The van der Waals surface area contributed by atoms with Crippen LogP contribution < -0.4 is 10.2 Å². The molecular formula is C15H13F2N3O2S. The van der Waals surface area contributed by atoms with Gasteiger partial charge in [-0.25, -0.2) is 13.8 Å². The number of halogens is 2. The highest BCUT2D eigenvalue weighted by Crippen LogP contribution is 2.29. The summed E-state index contributed by atoms with van der Waals surface area (Å²) in [4.78, 5) is 30.2. The highest BCUT2D eigenvalue weighted by molar-refractivity contribution is 7.18. The lowest BCUT2D eigenvalue weighted by Crippen LogP contribution is -2.23. The fourth-order valence-corrected chi connectivity index (χ4v) is 3.33. The van der Waals surface area contributed by atoms with E-state index in [0.717, 1.165) is 29.9 Å². The van der Waals surface area contributed by atoms with E-state index in [9.17, 15) is 18.4 Å². The summed E-state index contributed by atoms with van der Waals surface area (Å²) in [5.74, 6) is -2.49. The van der Waals surface area contributed by atoms with Gasteiger partial charge in [0.05, 0.1) is 5.69 Å². The second kappa shape index (κ2) is 6.04. The Kier molecular flexibility index (Phi) is 4.08. The molecule has 1 aliphatic rings. The van der Waals surface area contributed by atoms with E-state index < -0.39 is 17.5 Å². The second-order valence-corrected chi connectivity index (χ2v) is 6.12. The van der Waals surface area contributed by atoms with Gasteiger partial charge in [-0.15, -0.1) is 0 Å². The lowest BCUT2D eigenvalue weighted by Gasteiger charge is -2.10. The van der Waals surface area contributed by atoms with Gasteiger partial charge in [0.2, 0.25) is 5.91 Å². The smallest absolute Gasteiger partial charge is 0.267 e. The zero-order valence-corrected chi connectivity index (χ0v) is 13.0. The molecule has 0 bridgehead atoms. The first-order chi connectivity index (χ1) is 11.0. The number of aryl methyl sites for hydroxylation is 1. The summed E-state index contributed by atoms with van der Waals surface area (Å²) < 4.78 is 26.1. The number of benzene rings is 1. The Balaban J connectivity index is 1.80. The molecule has 0 atom stereocenters. The van der Waals surface area contributed by atoms with Crippen molar-refractivity contribution in [2.75, 3.05) is 16.8 Å². The van der Waals surface area contributed by atoms with Crippen molar-refractivity contribution in [3.05, 3.63) is 40.4 Å². The molecule has 0 saturated carbocycles. The number of hydrogen-bond acceptors (Lipinski definition) is 4. The number of carbonyl (C=O) groups is 2. The van der Waals surface area contributed by atoms with Crippen LogP contribution in [0.5, 0.6) is 0 Å². The number of carbonyl (C=O) groups excluding carboxylic acids is 2. The van der Waals surface area contributed by atoms with Crippen molar-refractivity contribution >= 4 is 34.0 Å². The maximum absolute atomic E-state index is 13.2. The molecule has 5 nitrogen and oxygen atoms in total. The number of amides is 2. The van der Waals surface area contributed by atoms with Gasteiger partial charge >= 0.3 is 0 Å². The van der Waals surface area contributed by atoms with Gasteiger partial charge in [0, 0.05) is 24.7 Å². The van der Waals surface area contributed by atoms with Crippen LogP contribution in [0, 0.1) is 18.6 Å². The van der Waals surface area contributed by atoms with E-state index in [0.29, 0.717) is 28.7 Å². The molecule has 2 amide bonds. The molecule has 3 rings (SSSR count). The number of anilines is 2. The lowest BCUT2D eigenvalue weighted by atomic mass is 10.3. The summed E-state index contributed by atoms with van der Waals surface area (Å²) in [6, 6.07) is 3.13. The minimum absolute atomic E-state index is 0.00804. The van der Waals surface area contributed by atoms with Gasteiger partial charge < -0.3 is 5.32 Å². The Morgan fingerprint density at radius 1 is 1.35 bits per heavy atom. The number of aromatic nitrogens is 1. The van der Waals surface area contributed by atoms with Crippen LogP contribution in [0.25, 0.3) is 0 Å². The SMILES string of the molecule is Cc1nc(N2CCCC2=O)sc1C(=O)Nc1ccc(F)c(F)c1. The third kappa shape index (κ3) is 3.07. The molecule has 120 valence electrons. The Labute approximate surface area is 134 Å². The molecule has 2 heterocycles. The predicted octanol–water partition coefficient (Wildman–Crippen LogP) is 3.11. The first-order valence-corrected chi connectivity index (χ1v) is 7.81. The molecule has 2 aromatic rings. The largest absolute Gasteiger partial charge is 0.321 e. The van der Waals surface area contributed by atoms with E-state index in [1.165, 1.54) is 6.07 Å². The fourth-order valence-electron chi connectivity index (χ4n) is 2.32. The zero-order valence-electron chi connectivity index (χ0n) is 12.2. The van der Waals surface area contributed by atoms with E-state index in [-0.39, 0.29) is 11.6 Å². The average molecular weight is 337 g/mol. The van der Waals surface area contributed by atoms with Crippen molar-refractivity contribution in [3.63, 3.8) is 0 Å². The van der Waals surface area contributed by atoms with Gasteiger partial charge in [0.1, 0.15) is 4.88 Å². The van der Waals surface area contributed by atoms with Gasteiger partial charge in [-0.2, -0.15) is 0 Å². The van der Waals surface area contributed by atoms with Crippen LogP contribution >= 0.6 is 11.3 Å². The van der Waals surface area contributed by atoms with E-state index in [4.69, 9.17) is 0 Å². The van der Waals surface area contributed by atoms with E-state index in [1.54, 1.807) is 11.8 Å². The van der Waals surface area contributed by atoms with Crippen LogP contribution in [-0.4, -0.2) is 23.3 Å². The maximum Gasteiger partial charge on any atom is 0.267 e. The Morgan fingerprint density at radius 3 is 2.78 bits per heavy atom. The van der Waals surface area contributed by atoms with Crippen molar-refractivity contribution in [1.82, 2.24) is 4.98 Å². The summed E-state index contributed by atoms with van der Waals surface area (Å²) in [6.07, 6.45) is 1.25. The Hall–Kier alpha value is -2.35. The standard InChI is InChI=1S/C15H13F2N3O2S/c1-8-13(23-15(18-8)20-6-2-3-12(20)21)14(22)19-9-4-5-10(16)11(17)7-9/h4-5,7H,2-3,6H2,1H3,(H,19,22). The second-order valence-electron chi connectivity index (χ2n) is 5.14. The monoisotopic (exact) mass is 337 g/mol. The third-order valence-electron chi connectivity index (χ3n) is 3.47. The van der Waals surface area contributed by atoms with Gasteiger partial charge in [0.15, 0.2) is 16.8 Å². The molecule has 1 fully saturated rings. The lowest BCUT2D eigenvalue weighted by molar-refractivity contribution is -0.117. The fraction of sp³-hybridized carbons (Fsp3) is 0.267. The van der Waals surface area contributed by atoms with Gasteiger partial charge in [-0.1, -0.05) is 11.3 Å². The van der Waals surface area contributed by atoms with Gasteiger partial charge in [-0.05, 0) is 25.5 Å². The zero-order chi connectivity index (χ0) is 16.6. The minimum Gasteiger partial charge on any atom is -0.321 e. The summed E-state index contributed by atoms with van der Waals surface area (Å²) >= 11 is 1.11. The molecule has 0 radical (unpaired) electrons. The van der Waals surface area contributed by atoms with Crippen LogP contribution in [-0.2, 0) is 4.79 Å². The van der Waals surface area contributed by atoms with Crippen molar-refractivity contribution in [2.45, 2.75) is 19.8 Å². The van der Waals surface area contributed by atoms with E-state index >= 15 is 0 Å². The summed E-state index contributed by atoms with van der Waals surface area (Å²) in [7, 11) is 0. The minimum atomic E-state index is -1.04. The number of thiazole rings is 1. The van der Waals surface area contributed by atoms with E-state index in [2.05, 4.69) is 10.3 Å². The quantitative estimate of drug-likeness (QED) is 0.936. The Bertz CT molecular complexity index is 791. The predicted molar refractivity (Wildman–Crippen MR) is 82.7 cm³/mol. The van der Waals surface area contributed by atoms with E-state index in [1.807, 2.05) is 0 Å². The third-order valence-corrected chi connectivity index (χ3v) is 4.65. The van der Waals surface area contributed by atoms with Crippen molar-refractivity contribution < 1.29 is 18.4 Å². The molecular weight excluding hydrogens is 324 g/mol. The first kappa shape index (κ1) is 15.5. The van der Waals surface area contributed by atoms with Crippen LogP contribution in [0.15, 0.2) is 18.2 Å². The molecule has 1 aromatic heterocycles. The van der Waals surface area contributed by atoms with Crippen molar-refractivity contribution in [3.8, 4) is 0 Å². The molecule has 1 aliphatic heterocycles. The van der Waals surface area contributed by atoms with Crippen molar-refractivity contribution in [2.24, 2.45) is 0 Å². The van der Waals surface area contributed by atoms with Crippen LogP contribution in [0.2, 0.25) is 0 Å². The Morgan fingerprint density at radius 2 is 2.13 bits per heavy atom. The number of hydrogen-bond donors (Lipinski definition) is 1. The van der Waals surface area contributed by atoms with Crippen LogP contribution in [0.3, 0.4) is 0 Å². The van der Waals surface area contributed by atoms with Crippen molar-refractivity contribution in [1.29, 1.82) is 0 Å². The normalized spacial score (nSPS) is 14.4. The van der Waals surface area contributed by atoms with Crippen LogP contribution in [0.4, 0.5) is 19.6 Å². The molecule has 1 N–H and O–H groups in total. The number of rotatable bonds is 3. The summed E-state index contributed by atoms with van der Waals surface area (Å²) in [5, 5.41) is 2.99. The molecule has 1 saturated heterocycles. The summed E-state index contributed by atoms with van der Waals surface area (Å²) in [6.45, 7) is 2.26. The van der Waals surface area contributed by atoms with Gasteiger partial charge in [-0.3, -0.25) is 14.5 Å². The van der Waals surface area contributed by atoms with Crippen LogP contribution in [0.1, 0.15) is 28.2 Å². The molecule has 23 heavy (non-hydrogen) atoms. The number of nitrogens with one attached hydrogen (secondary N) is 1. The molecule has 0 unspecified atom stereocenters. The topological polar surface area (TPSA) is 62.3 Å². The molecule has 1 aromatic carbocycles. The average Bonchev–Trinajstić information content (AvgIpc) is 3.08. The van der Waals surface area contributed by atoms with Gasteiger partial charge in [0.25, 0.3) is 5.91 Å². The molecule has 0 aliphatic carbocycles. The summed E-state index contributed by atoms with van der Waals surface area (Å²) in [5.41, 5.74) is 0.644. The molecule has 8 heteroatoms.